The van der Waals surface area contributed by atoms with Gasteiger partial charge in [0.25, 0.3) is 0 Å². The number of benzene rings is 4. The number of carbonyl (C=O) groups is 2. The van der Waals surface area contributed by atoms with Crippen LogP contribution in [-0.2, 0) is 19.6 Å². The molecule has 0 aromatic heterocycles. The van der Waals surface area contributed by atoms with Gasteiger partial charge in [-0.2, -0.15) is 0 Å². The van der Waals surface area contributed by atoms with Gasteiger partial charge in [-0.15, -0.1) is 0 Å². The SMILES string of the molecule is CC(NC(=O)N(CCCCNC(N)=O)Cc1ccc(CNCc2ccccc2)cc1)c1cccc2ccccc12. The summed E-state index contributed by atoms with van der Waals surface area (Å²) < 4.78 is 0. The summed E-state index contributed by atoms with van der Waals surface area (Å²) in [6.07, 6.45) is 1.48. The lowest BCUT2D eigenvalue weighted by Crippen LogP contribution is -2.41. The van der Waals surface area contributed by atoms with E-state index in [4.69, 9.17) is 5.73 Å². The highest BCUT2D eigenvalue weighted by Gasteiger charge is 2.18. The van der Waals surface area contributed by atoms with E-state index in [2.05, 4.69) is 76.6 Å². The second kappa shape index (κ2) is 14.7. The van der Waals surface area contributed by atoms with Crippen LogP contribution < -0.4 is 21.7 Å². The second-order valence-electron chi connectivity index (χ2n) is 10.1. The zero-order chi connectivity index (χ0) is 28.2. The molecule has 7 heteroatoms. The molecule has 4 aromatic carbocycles. The van der Waals surface area contributed by atoms with E-state index in [1.165, 1.54) is 11.1 Å². The lowest BCUT2D eigenvalue weighted by atomic mass is 10.00. The molecule has 1 atom stereocenters. The Morgan fingerprint density at radius 2 is 1.43 bits per heavy atom. The highest BCUT2D eigenvalue weighted by atomic mass is 16.2. The molecule has 0 aliphatic rings. The molecule has 4 aromatic rings. The first kappa shape index (κ1) is 28.6. The Hall–Kier alpha value is -4.36. The van der Waals surface area contributed by atoms with Crippen LogP contribution in [0.1, 0.15) is 48.1 Å². The molecule has 0 bridgehead atoms. The molecule has 0 saturated heterocycles. The van der Waals surface area contributed by atoms with Crippen LogP contribution in [0, 0.1) is 0 Å². The number of urea groups is 2. The summed E-state index contributed by atoms with van der Waals surface area (Å²) in [7, 11) is 0. The number of carbonyl (C=O) groups excluding carboxylic acids is 2. The van der Waals surface area contributed by atoms with Gasteiger partial charge in [0, 0.05) is 32.7 Å². The van der Waals surface area contributed by atoms with Gasteiger partial charge in [0.2, 0.25) is 0 Å². The van der Waals surface area contributed by atoms with E-state index in [0.29, 0.717) is 19.6 Å². The number of fused-ring (bicyclic) bond motifs is 1. The second-order valence-corrected chi connectivity index (χ2v) is 10.1. The van der Waals surface area contributed by atoms with Gasteiger partial charge in [-0.25, -0.2) is 9.59 Å². The van der Waals surface area contributed by atoms with Gasteiger partial charge < -0.3 is 26.6 Å². The number of hydrogen-bond acceptors (Lipinski definition) is 3. The minimum Gasteiger partial charge on any atom is -0.352 e. The van der Waals surface area contributed by atoms with Gasteiger partial charge >= 0.3 is 12.1 Å². The van der Waals surface area contributed by atoms with Crippen molar-refractivity contribution in [2.75, 3.05) is 13.1 Å². The van der Waals surface area contributed by atoms with E-state index in [1.807, 2.05) is 48.2 Å². The van der Waals surface area contributed by atoms with E-state index in [1.54, 1.807) is 0 Å². The van der Waals surface area contributed by atoms with Crippen molar-refractivity contribution >= 4 is 22.8 Å². The molecule has 5 N–H and O–H groups in total. The van der Waals surface area contributed by atoms with Gasteiger partial charge in [0.05, 0.1) is 6.04 Å². The standard InChI is InChI=1S/C33H39N5O2/c1-25(30-15-9-13-29-12-5-6-14-31(29)30)37-33(40)38(21-8-7-20-36-32(34)39)24-28-18-16-27(17-19-28)23-35-22-26-10-3-2-4-11-26/h2-6,9-19,25,35H,7-8,20-24H2,1H3,(H,37,40)(H3,34,36,39). The number of hydrogen-bond donors (Lipinski definition) is 4. The highest BCUT2D eigenvalue weighted by Crippen LogP contribution is 2.24. The van der Waals surface area contributed by atoms with E-state index in [-0.39, 0.29) is 12.1 Å². The van der Waals surface area contributed by atoms with Crippen molar-refractivity contribution in [1.82, 2.24) is 20.9 Å². The fraction of sp³-hybridized carbons (Fsp3) is 0.273. The predicted molar refractivity (Wildman–Crippen MR) is 162 cm³/mol. The van der Waals surface area contributed by atoms with Crippen molar-refractivity contribution in [1.29, 1.82) is 0 Å². The zero-order valence-electron chi connectivity index (χ0n) is 23.1. The first-order valence-corrected chi connectivity index (χ1v) is 13.9. The number of nitrogens with two attached hydrogens (primary N) is 1. The molecule has 7 nitrogen and oxygen atoms in total. The van der Waals surface area contributed by atoms with Gasteiger partial charge in [0.1, 0.15) is 0 Å². The van der Waals surface area contributed by atoms with Crippen molar-refractivity contribution in [3.05, 3.63) is 119 Å². The van der Waals surface area contributed by atoms with Crippen molar-refractivity contribution in [3.8, 4) is 0 Å². The summed E-state index contributed by atoms with van der Waals surface area (Å²) in [6, 6.07) is 32.3. The molecule has 0 radical (unpaired) electrons. The number of nitrogens with one attached hydrogen (secondary N) is 3. The van der Waals surface area contributed by atoms with Gasteiger partial charge in [0.15, 0.2) is 0 Å². The monoisotopic (exact) mass is 537 g/mol. The maximum absolute atomic E-state index is 13.5. The molecule has 0 aliphatic heterocycles. The van der Waals surface area contributed by atoms with Crippen LogP contribution in [0.3, 0.4) is 0 Å². The van der Waals surface area contributed by atoms with Crippen molar-refractivity contribution < 1.29 is 9.59 Å². The maximum atomic E-state index is 13.5. The third kappa shape index (κ3) is 8.58. The third-order valence-electron chi connectivity index (χ3n) is 6.97. The quantitative estimate of drug-likeness (QED) is 0.161. The topological polar surface area (TPSA) is 99.5 Å². The van der Waals surface area contributed by atoms with Crippen LogP contribution in [0.25, 0.3) is 10.8 Å². The fourth-order valence-corrected chi connectivity index (χ4v) is 4.80. The molecule has 0 heterocycles. The summed E-state index contributed by atoms with van der Waals surface area (Å²) in [6.45, 7) is 5.16. The Balaban J connectivity index is 1.38. The lowest BCUT2D eigenvalue weighted by Gasteiger charge is -2.26. The van der Waals surface area contributed by atoms with Crippen LogP contribution in [-0.4, -0.2) is 30.1 Å². The zero-order valence-corrected chi connectivity index (χ0v) is 23.1. The first-order valence-electron chi connectivity index (χ1n) is 13.9. The number of unbranched alkanes of at least 4 members (excludes halogenated alkanes) is 1. The summed E-state index contributed by atoms with van der Waals surface area (Å²) in [5, 5.41) is 11.6. The molecule has 4 rings (SSSR count). The summed E-state index contributed by atoms with van der Waals surface area (Å²) in [5.41, 5.74) is 9.78. The number of primary amides is 1. The van der Waals surface area contributed by atoms with E-state index in [0.717, 1.165) is 47.8 Å². The van der Waals surface area contributed by atoms with Crippen LogP contribution in [0.15, 0.2) is 97.1 Å². The Bertz CT molecular complexity index is 1370. The summed E-state index contributed by atoms with van der Waals surface area (Å²) >= 11 is 0. The number of nitrogens with zero attached hydrogens (tertiary/aromatic N) is 1. The Morgan fingerprint density at radius 3 is 2.17 bits per heavy atom. The Kier molecular flexibility index (Phi) is 10.5. The van der Waals surface area contributed by atoms with Crippen LogP contribution in [0.5, 0.6) is 0 Å². The molecule has 0 aliphatic carbocycles. The largest absolute Gasteiger partial charge is 0.352 e. The highest BCUT2D eigenvalue weighted by molar-refractivity contribution is 5.86. The molecule has 40 heavy (non-hydrogen) atoms. The molecule has 208 valence electrons. The van der Waals surface area contributed by atoms with Crippen LogP contribution in [0.4, 0.5) is 9.59 Å². The van der Waals surface area contributed by atoms with Gasteiger partial charge in [-0.3, -0.25) is 0 Å². The predicted octanol–water partition coefficient (Wildman–Crippen LogP) is 5.85. The average Bonchev–Trinajstić information content (AvgIpc) is 2.97. The van der Waals surface area contributed by atoms with Crippen molar-refractivity contribution in [2.45, 2.75) is 45.4 Å². The smallest absolute Gasteiger partial charge is 0.318 e. The minimum absolute atomic E-state index is 0.114. The molecule has 0 spiro atoms. The summed E-state index contributed by atoms with van der Waals surface area (Å²) in [5.74, 6) is 0. The molecule has 4 amide bonds. The molecule has 1 unspecified atom stereocenters. The molecular formula is C33H39N5O2. The first-order chi connectivity index (χ1) is 19.5. The lowest BCUT2D eigenvalue weighted by molar-refractivity contribution is 0.190. The Morgan fingerprint density at radius 1 is 0.775 bits per heavy atom. The molecule has 0 saturated carbocycles. The van der Waals surface area contributed by atoms with Crippen molar-refractivity contribution in [3.63, 3.8) is 0 Å². The maximum Gasteiger partial charge on any atom is 0.318 e. The van der Waals surface area contributed by atoms with Gasteiger partial charge in [-0.1, -0.05) is 97.1 Å². The van der Waals surface area contributed by atoms with E-state index < -0.39 is 6.03 Å². The summed E-state index contributed by atoms with van der Waals surface area (Å²) in [4.78, 5) is 26.3. The van der Waals surface area contributed by atoms with E-state index in [9.17, 15) is 9.59 Å². The van der Waals surface area contributed by atoms with Gasteiger partial charge in [-0.05, 0) is 52.8 Å². The molecular weight excluding hydrogens is 498 g/mol. The van der Waals surface area contributed by atoms with Crippen molar-refractivity contribution in [2.24, 2.45) is 5.73 Å². The Labute approximate surface area is 236 Å². The number of amides is 4. The third-order valence-corrected chi connectivity index (χ3v) is 6.97. The van der Waals surface area contributed by atoms with Crippen LogP contribution >= 0.6 is 0 Å². The average molecular weight is 538 g/mol. The van der Waals surface area contributed by atoms with E-state index >= 15 is 0 Å². The van der Waals surface area contributed by atoms with Crippen LogP contribution in [0.2, 0.25) is 0 Å². The number of rotatable bonds is 13. The fourth-order valence-electron chi connectivity index (χ4n) is 4.80. The minimum atomic E-state index is -0.531. The normalized spacial score (nSPS) is 11.6. The molecule has 0 fully saturated rings.